The lowest BCUT2D eigenvalue weighted by molar-refractivity contribution is 0.0695. The number of carbonyl (C=O) groups is 1. The molecule has 5 heteroatoms. The Balaban J connectivity index is 3.38. The molecule has 0 aromatic heterocycles. The van der Waals surface area contributed by atoms with E-state index < -0.39 is 5.97 Å². The zero-order valence-electron chi connectivity index (χ0n) is 5.71. The molecule has 0 saturated carbocycles. The quantitative estimate of drug-likeness (QED) is 0.837. The maximum absolute atomic E-state index is 10.6. The fourth-order valence-corrected chi connectivity index (χ4v) is 2.27. The first kappa shape index (κ1) is 9.54. The lowest BCUT2D eigenvalue weighted by Crippen LogP contribution is -1.98. The summed E-state index contributed by atoms with van der Waals surface area (Å²) in [5, 5.41) is 17.7. The lowest BCUT2D eigenvalue weighted by Gasteiger charge is -2.02. The molecule has 0 atom stereocenters. The number of phenolic OH excluding ortho intramolecular Hbond substituents is 1. The Bertz CT molecular complexity index is 312. The van der Waals surface area contributed by atoms with Gasteiger partial charge in [0.05, 0.1) is 5.56 Å². The second-order valence-electron chi connectivity index (χ2n) is 2.09. The van der Waals surface area contributed by atoms with Crippen molar-refractivity contribution in [1.29, 1.82) is 0 Å². The Morgan fingerprint density at radius 2 is 1.67 bits per heavy atom. The van der Waals surface area contributed by atoms with Crippen LogP contribution in [0.2, 0.25) is 0 Å². The number of carboxylic acid groups (broad SMARTS) is 1. The van der Waals surface area contributed by atoms with Crippen LogP contribution in [0.5, 0.6) is 5.75 Å². The zero-order valence-corrected chi connectivity index (χ0v) is 8.89. The summed E-state index contributed by atoms with van der Waals surface area (Å²) in [7, 11) is 0. The van der Waals surface area contributed by atoms with Gasteiger partial charge in [0.15, 0.2) is 0 Å². The van der Waals surface area contributed by atoms with Crippen LogP contribution in [0.1, 0.15) is 10.4 Å². The van der Waals surface area contributed by atoms with Crippen molar-refractivity contribution in [2.75, 3.05) is 0 Å². The van der Waals surface area contributed by atoms with Crippen molar-refractivity contribution in [2.24, 2.45) is 0 Å². The first-order valence-corrected chi connectivity index (χ1v) is 4.52. The van der Waals surface area contributed by atoms with E-state index in [-0.39, 0.29) is 11.3 Å². The van der Waals surface area contributed by atoms with E-state index in [2.05, 4.69) is 31.9 Å². The third-order valence-corrected chi connectivity index (χ3v) is 2.49. The fourth-order valence-electron chi connectivity index (χ4n) is 0.764. The zero-order chi connectivity index (χ0) is 9.30. The summed E-state index contributed by atoms with van der Waals surface area (Å²) in [6.45, 7) is 0. The second kappa shape index (κ2) is 3.45. The summed E-state index contributed by atoms with van der Waals surface area (Å²) >= 11 is 6.06. The summed E-state index contributed by atoms with van der Waals surface area (Å²) in [6.07, 6.45) is 0. The molecule has 12 heavy (non-hydrogen) atoms. The minimum atomic E-state index is -1.05. The van der Waals surface area contributed by atoms with Crippen LogP contribution in [0, 0.1) is 0 Å². The number of aromatic hydroxyl groups is 1. The van der Waals surface area contributed by atoms with Crippen LogP contribution in [-0.4, -0.2) is 16.2 Å². The maximum Gasteiger partial charge on any atom is 0.338 e. The molecular weight excluding hydrogens is 292 g/mol. The minimum absolute atomic E-state index is 0.0127. The van der Waals surface area contributed by atoms with E-state index in [4.69, 9.17) is 10.2 Å². The van der Waals surface area contributed by atoms with Crippen LogP contribution < -0.4 is 0 Å². The first-order valence-electron chi connectivity index (χ1n) is 2.93. The largest absolute Gasteiger partial charge is 0.508 e. The molecule has 1 aromatic carbocycles. The number of phenols is 1. The number of benzene rings is 1. The molecule has 0 aliphatic carbocycles. The van der Waals surface area contributed by atoms with Gasteiger partial charge in [-0.2, -0.15) is 0 Å². The highest BCUT2D eigenvalue weighted by atomic mass is 79.9. The predicted octanol–water partition coefficient (Wildman–Crippen LogP) is 2.62. The van der Waals surface area contributed by atoms with E-state index in [1.54, 1.807) is 0 Å². The highest BCUT2D eigenvalue weighted by Crippen LogP contribution is 2.29. The number of hydrogen-bond donors (Lipinski definition) is 2. The smallest absolute Gasteiger partial charge is 0.338 e. The Morgan fingerprint density at radius 3 is 2.00 bits per heavy atom. The topological polar surface area (TPSA) is 57.5 Å². The second-order valence-corrected chi connectivity index (χ2v) is 3.80. The Morgan fingerprint density at radius 1 is 1.25 bits per heavy atom. The SMILES string of the molecule is O=C(O)c1c(Br)cc(O)cc1Br. The van der Waals surface area contributed by atoms with Gasteiger partial charge in [-0.05, 0) is 44.0 Å². The van der Waals surface area contributed by atoms with Crippen LogP contribution in [-0.2, 0) is 0 Å². The van der Waals surface area contributed by atoms with Gasteiger partial charge in [0.1, 0.15) is 5.75 Å². The van der Waals surface area contributed by atoms with Gasteiger partial charge in [0, 0.05) is 8.95 Å². The van der Waals surface area contributed by atoms with E-state index in [1.807, 2.05) is 0 Å². The van der Waals surface area contributed by atoms with Gasteiger partial charge < -0.3 is 10.2 Å². The number of carboxylic acids is 1. The lowest BCUT2D eigenvalue weighted by atomic mass is 10.2. The molecule has 0 unspecified atom stereocenters. The van der Waals surface area contributed by atoms with Crippen molar-refractivity contribution < 1.29 is 15.0 Å². The third-order valence-electron chi connectivity index (χ3n) is 1.24. The van der Waals surface area contributed by atoms with Crippen LogP contribution in [0.25, 0.3) is 0 Å². The number of hydrogen-bond acceptors (Lipinski definition) is 2. The van der Waals surface area contributed by atoms with Crippen molar-refractivity contribution in [3.63, 3.8) is 0 Å². The third kappa shape index (κ3) is 1.78. The summed E-state index contributed by atoms with van der Waals surface area (Å²) < 4.78 is 0.698. The Labute approximate surface area is 85.3 Å². The minimum Gasteiger partial charge on any atom is -0.508 e. The van der Waals surface area contributed by atoms with Gasteiger partial charge in [-0.3, -0.25) is 0 Å². The molecule has 3 nitrogen and oxygen atoms in total. The van der Waals surface area contributed by atoms with Crippen LogP contribution in [0.15, 0.2) is 21.1 Å². The van der Waals surface area contributed by atoms with Gasteiger partial charge in [0.25, 0.3) is 0 Å². The Kier molecular flexibility index (Phi) is 2.74. The number of halogens is 2. The molecule has 2 N–H and O–H groups in total. The van der Waals surface area contributed by atoms with E-state index in [0.29, 0.717) is 8.95 Å². The Hall–Kier alpha value is -0.550. The highest BCUT2D eigenvalue weighted by Gasteiger charge is 2.13. The molecular formula is C7H4Br2O3. The summed E-state index contributed by atoms with van der Waals surface area (Å²) in [5.41, 5.74) is 0.104. The average molecular weight is 296 g/mol. The average Bonchev–Trinajstić information content (AvgIpc) is 1.82. The van der Waals surface area contributed by atoms with E-state index in [0.717, 1.165) is 0 Å². The predicted molar refractivity (Wildman–Crippen MR) is 50.5 cm³/mol. The van der Waals surface area contributed by atoms with Gasteiger partial charge >= 0.3 is 5.97 Å². The summed E-state index contributed by atoms with van der Waals surface area (Å²) in [4.78, 5) is 10.6. The van der Waals surface area contributed by atoms with Crippen molar-refractivity contribution in [1.82, 2.24) is 0 Å². The van der Waals surface area contributed by atoms with Crippen molar-refractivity contribution in [2.45, 2.75) is 0 Å². The van der Waals surface area contributed by atoms with Crippen LogP contribution in [0.3, 0.4) is 0 Å². The molecule has 0 saturated heterocycles. The molecule has 1 rings (SSSR count). The van der Waals surface area contributed by atoms with Gasteiger partial charge in [-0.25, -0.2) is 4.79 Å². The molecule has 0 radical (unpaired) electrons. The fraction of sp³-hybridized carbons (Fsp3) is 0. The van der Waals surface area contributed by atoms with Crippen molar-refractivity contribution in [3.05, 3.63) is 26.6 Å². The number of rotatable bonds is 1. The molecule has 0 amide bonds. The highest BCUT2D eigenvalue weighted by molar-refractivity contribution is 9.11. The number of aromatic carboxylic acids is 1. The monoisotopic (exact) mass is 294 g/mol. The maximum atomic E-state index is 10.6. The van der Waals surface area contributed by atoms with Crippen molar-refractivity contribution >= 4 is 37.8 Å². The molecule has 0 aliphatic rings. The molecule has 64 valence electrons. The van der Waals surface area contributed by atoms with E-state index in [9.17, 15) is 4.79 Å². The molecule has 0 spiro atoms. The normalized spacial score (nSPS) is 9.83. The van der Waals surface area contributed by atoms with E-state index in [1.165, 1.54) is 12.1 Å². The van der Waals surface area contributed by atoms with Crippen LogP contribution in [0.4, 0.5) is 0 Å². The molecule has 0 aliphatic heterocycles. The molecule has 0 heterocycles. The first-order chi connectivity index (χ1) is 5.52. The summed E-state index contributed by atoms with van der Waals surface area (Å²) in [5.74, 6) is -1.03. The van der Waals surface area contributed by atoms with E-state index >= 15 is 0 Å². The van der Waals surface area contributed by atoms with Gasteiger partial charge in [-0.15, -0.1) is 0 Å². The summed E-state index contributed by atoms with van der Waals surface area (Å²) in [6, 6.07) is 2.66. The standard InChI is InChI=1S/C7H4Br2O3/c8-4-1-3(10)2-5(9)6(4)7(11)12/h1-2,10H,(H,11,12). The molecule has 0 fully saturated rings. The van der Waals surface area contributed by atoms with Crippen LogP contribution >= 0.6 is 31.9 Å². The molecule has 0 bridgehead atoms. The van der Waals surface area contributed by atoms with Crippen molar-refractivity contribution in [3.8, 4) is 5.75 Å². The van der Waals surface area contributed by atoms with Gasteiger partial charge in [-0.1, -0.05) is 0 Å². The molecule has 1 aromatic rings. The van der Waals surface area contributed by atoms with Gasteiger partial charge in [0.2, 0.25) is 0 Å².